The largest absolute Gasteiger partial charge is 0.448 e. The van der Waals surface area contributed by atoms with Crippen LogP contribution in [0.25, 0.3) is 0 Å². The molecule has 0 aromatic rings. The summed E-state index contributed by atoms with van der Waals surface area (Å²) in [6.45, 7) is 4.41. The molecule has 14 heavy (non-hydrogen) atoms. The fourth-order valence-corrected chi connectivity index (χ4v) is 0.816. The van der Waals surface area contributed by atoms with Crippen LogP contribution in [-0.2, 0) is 9.47 Å². The zero-order valence-electron chi connectivity index (χ0n) is 8.15. The SMILES string of the molecule is CCCO[C@H](CC)OC(=N)C(Cl)(Cl)Cl. The second kappa shape index (κ2) is 6.72. The maximum Gasteiger partial charge on any atom is 0.265 e. The van der Waals surface area contributed by atoms with Crippen molar-refractivity contribution in [2.75, 3.05) is 6.61 Å². The number of rotatable bonds is 5. The lowest BCUT2D eigenvalue weighted by molar-refractivity contribution is -0.0909. The minimum atomic E-state index is -1.82. The van der Waals surface area contributed by atoms with E-state index in [1.165, 1.54) is 0 Å². The Hall–Kier alpha value is 0.300. The Morgan fingerprint density at radius 3 is 2.29 bits per heavy atom. The van der Waals surface area contributed by atoms with Crippen LogP contribution in [0.3, 0.4) is 0 Å². The van der Waals surface area contributed by atoms with Crippen LogP contribution in [0.15, 0.2) is 0 Å². The van der Waals surface area contributed by atoms with Crippen molar-refractivity contribution in [3.63, 3.8) is 0 Å². The summed E-state index contributed by atoms with van der Waals surface area (Å²) < 4.78 is 8.48. The Bertz CT molecular complexity index is 182. The molecule has 6 heteroatoms. The lowest BCUT2D eigenvalue weighted by Gasteiger charge is -2.21. The first-order chi connectivity index (χ1) is 6.41. The van der Waals surface area contributed by atoms with Gasteiger partial charge >= 0.3 is 0 Å². The molecule has 0 heterocycles. The van der Waals surface area contributed by atoms with Gasteiger partial charge in [0.25, 0.3) is 3.79 Å². The first-order valence-electron chi connectivity index (χ1n) is 4.35. The average Bonchev–Trinajstić information content (AvgIpc) is 2.10. The van der Waals surface area contributed by atoms with Gasteiger partial charge in [-0.25, -0.2) is 0 Å². The molecule has 0 amide bonds. The van der Waals surface area contributed by atoms with E-state index in [9.17, 15) is 0 Å². The number of hydrogen-bond donors (Lipinski definition) is 1. The number of alkyl halides is 3. The van der Waals surface area contributed by atoms with Crippen molar-refractivity contribution >= 4 is 40.7 Å². The minimum Gasteiger partial charge on any atom is -0.448 e. The van der Waals surface area contributed by atoms with Crippen molar-refractivity contribution in [2.24, 2.45) is 0 Å². The molecule has 0 fully saturated rings. The van der Waals surface area contributed by atoms with Gasteiger partial charge in [-0.1, -0.05) is 48.7 Å². The summed E-state index contributed by atoms with van der Waals surface area (Å²) in [5.41, 5.74) is 0. The minimum absolute atomic E-state index is 0.412. The maximum absolute atomic E-state index is 7.31. The third-order valence-electron chi connectivity index (χ3n) is 1.35. The molecule has 0 rings (SSSR count). The summed E-state index contributed by atoms with van der Waals surface area (Å²) in [6.07, 6.45) is 0.961. The molecule has 3 nitrogen and oxygen atoms in total. The van der Waals surface area contributed by atoms with Gasteiger partial charge < -0.3 is 9.47 Å². The summed E-state index contributed by atoms with van der Waals surface area (Å²) in [4.78, 5) is 0. The van der Waals surface area contributed by atoms with Gasteiger partial charge in [-0.15, -0.1) is 0 Å². The standard InChI is InChI=1S/C8H14Cl3NO2/c1-3-5-13-6(4-2)14-7(12)8(9,10)11/h6,12H,3-5H2,1-2H3/t6-/m0/s1. The molecule has 0 spiro atoms. The van der Waals surface area contributed by atoms with Gasteiger partial charge in [0.2, 0.25) is 12.2 Å². The second-order valence-corrected chi connectivity index (χ2v) is 4.93. The van der Waals surface area contributed by atoms with E-state index in [1.54, 1.807) is 0 Å². The van der Waals surface area contributed by atoms with Crippen LogP contribution < -0.4 is 0 Å². The van der Waals surface area contributed by atoms with Crippen molar-refractivity contribution in [3.8, 4) is 0 Å². The smallest absolute Gasteiger partial charge is 0.265 e. The maximum atomic E-state index is 7.31. The molecule has 1 N–H and O–H groups in total. The van der Waals surface area contributed by atoms with Gasteiger partial charge in [0.05, 0.1) is 6.61 Å². The molecule has 0 radical (unpaired) electrons. The third-order valence-corrected chi connectivity index (χ3v) is 1.86. The van der Waals surface area contributed by atoms with Gasteiger partial charge in [-0.05, 0) is 6.42 Å². The van der Waals surface area contributed by atoms with Crippen LogP contribution in [0.5, 0.6) is 0 Å². The molecule has 1 atom stereocenters. The monoisotopic (exact) mass is 261 g/mol. The van der Waals surface area contributed by atoms with Crippen LogP contribution in [0.1, 0.15) is 26.7 Å². The van der Waals surface area contributed by atoms with Crippen molar-refractivity contribution in [1.29, 1.82) is 5.41 Å². The molecule has 0 aromatic heterocycles. The van der Waals surface area contributed by atoms with Gasteiger partial charge in [0, 0.05) is 6.42 Å². The quantitative estimate of drug-likeness (QED) is 0.356. The van der Waals surface area contributed by atoms with Gasteiger partial charge in [-0.2, -0.15) is 0 Å². The van der Waals surface area contributed by atoms with E-state index >= 15 is 0 Å². The van der Waals surface area contributed by atoms with E-state index in [4.69, 9.17) is 49.7 Å². The Morgan fingerprint density at radius 2 is 1.93 bits per heavy atom. The molecular weight excluding hydrogens is 248 g/mol. The summed E-state index contributed by atoms with van der Waals surface area (Å²) >= 11 is 16.3. The third kappa shape index (κ3) is 5.91. The van der Waals surface area contributed by atoms with Crippen molar-refractivity contribution < 1.29 is 9.47 Å². The van der Waals surface area contributed by atoms with Crippen LogP contribution >= 0.6 is 34.8 Å². The van der Waals surface area contributed by atoms with Crippen molar-refractivity contribution in [3.05, 3.63) is 0 Å². The lowest BCUT2D eigenvalue weighted by Crippen LogP contribution is -2.28. The molecular formula is C8H14Cl3NO2. The van der Waals surface area contributed by atoms with E-state index in [0.29, 0.717) is 13.0 Å². The Kier molecular flexibility index (Phi) is 6.87. The molecule has 0 aliphatic heterocycles. The highest BCUT2D eigenvalue weighted by Gasteiger charge is 2.30. The fraction of sp³-hybridized carbons (Fsp3) is 0.875. The first kappa shape index (κ1) is 14.3. The van der Waals surface area contributed by atoms with Gasteiger partial charge in [-0.3, -0.25) is 5.41 Å². The highest BCUT2D eigenvalue weighted by atomic mass is 35.6. The number of nitrogens with one attached hydrogen (secondary N) is 1. The molecule has 0 saturated heterocycles. The summed E-state index contributed by atoms with van der Waals surface area (Å²) in [7, 11) is 0. The number of halogens is 3. The predicted octanol–water partition coefficient (Wildman–Crippen LogP) is 3.51. The zero-order chi connectivity index (χ0) is 11.2. The second-order valence-electron chi connectivity index (χ2n) is 2.65. The predicted molar refractivity (Wildman–Crippen MR) is 59.4 cm³/mol. The summed E-state index contributed by atoms with van der Waals surface area (Å²) in [6, 6.07) is 0. The summed E-state index contributed by atoms with van der Waals surface area (Å²) in [5, 5.41) is 7.31. The van der Waals surface area contributed by atoms with Gasteiger partial charge in [0.15, 0.2) is 0 Å². The topological polar surface area (TPSA) is 42.3 Å². The Morgan fingerprint density at radius 1 is 1.36 bits per heavy atom. The van der Waals surface area contributed by atoms with Crippen molar-refractivity contribution in [2.45, 2.75) is 36.8 Å². The van der Waals surface area contributed by atoms with Crippen LogP contribution in [0.2, 0.25) is 0 Å². The van der Waals surface area contributed by atoms with Gasteiger partial charge in [0.1, 0.15) is 0 Å². The molecule has 84 valence electrons. The molecule has 0 aliphatic carbocycles. The number of ether oxygens (including phenoxy) is 2. The van der Waals surface area contributed by atoms with E-state index in [2.05, 4.69) is 0 Å². The van der Waals surface area contributed by atoms with E-state index < -0.39 is 16.0 Å². The Labute approximate surface area is 99.1 Å². The molecule has 0 aliphatic rings. The zero-order valence-corrected chi connectivity index (χ0v) is 10.4. The van der Waals surface area contributed by atoms with Crippen LogP contribution in [0, 0.1) is 5.41 Å². The van der Waals surface area contributed by atoms with E-state index in [-0.39, 0.29) is 0 Å². The Balaban J connectivity index is 3.99. The van der Waals surface area contributed by atoms with E-state index in [0.717, 1.165) is 6.42 Å². The molecule has 0 unspecified atom stereocenters. The molecule has 0 aromatic carbocycles. The highest BCUT2D eigenvalue weighted by molar-refractivity contribution is 6.76. The molecule has 0 bridgehead atoms. The number of hydrogen-bond acceptors (Lipinski definition) is 3. The normalized spacial score (nSPS) is 13.8. The average molecular weight is 263 g/mol. The molecule has 0 saturated carbocycles. The van der Waals surface area contributed by atoms with Crippen LogP contribution in [-0.4, -0.2) is 22.6 Å². The van der Waals surface area contributed by atoms with E-state index in [1.807, 2.05) is 13.8 Å². The lowest BCUT2D eigenvalue weighted by atomic mass is 10.4. The summed E-state index contributed by atoms with van der Waals surface area (Å²) in [5.74, 6) is -0.412. The fourth-order valence-electron chi connectivity index (χ4n) is 0.683. The van der Waals surface area contributed by atoms with Crippen LogP contribution in [0.4, 0.5) is 0 Å². The highest BCUT2D eigenvalue weighted by Crippen LogP contribution is 2.28. The van der Waals surface area contributed by atoms with Crippen molar-refractivity contribution in [1.82, 2.24) is 0 Å². The first-order valence-corrected chi connectivity index (χ1v) is 5.49.